The van der Waals surface area contributed by atoms with Gasteiger partial charge in [-0.25, -0.2) is 0 Å². The monoisotopic (exact) mass is 388 g/mol. The Morgan fingerprint density at radius 3 is 2.59 bits per heavy atom. The number of pyridine rings is 1. The highest BCUT2D eigenvalue weighted by atomic mass is 16.5. The van der Waals surface area contributed by atoms with Crippen LogP contribution in [0.3, 0.4) is 0 Å². The quantitative estimate of drug-likeness (QED) is 0.399. The minimum Gasteiger partial charge on any atom is -0.512 e. The molecule has 0 radical (unpaired) electrons. The molecule has 1 aromatic carbocycles. The van der Waals surface area contributed by atoms with Crippen LogP contribution >= 0.6 is 0 Å². The number of fused-ring (bicyclic) bond motifs is 3. The molecule has 0 aliphatic heterocycles. The van der Waals surface area contributed by atoms with Gasteiger partial charge in [-0.2, -0.15) is 0 Å². The number of hydrogen-bond donors (Lipinski definition) is 2. The predicted octanol–water partition coefficient (Wildman–Crippen LogP) is 3.60. The van der Waals surface area contributed by atoms with Gasteiger partial charge in [-0.3, -0.25) is 14.4 Å². The number of aliphatic hydroxyl groups excluding tert-OH is 1. The Morgan fingerprint density at radius 2 is 1.93 bits per heavy atom. The summed E-state index contributed by atoms with van der Waals surface area (Å²) >= 11 is 0. The van der Waals surface area contributed by atoms with Crippen LogP contribution in [0, 0.1) is 5.41 Å². The topological polar surface area (TPSA) is 109 Å². The second-order valence-corrected chi connectivity index (χ2v) is 6.73. The van der Waals surface area contributed by atoms with Gasteiger partial charge in [-0.15, -0.1) is 10.2 Å². The number of nitrogens with zero attached hydrogens (tertiary/aromatic N) is 5. The number of hydrogen-bond acceptors (Lipinski definition) is 7. The number of nitrogens with one attached hydrogen (secondary N) is 1. The van der Waals surface area contributed by atoms with Gasteiger partial charge in [0.15, 0.2) is 5.65 Å². The standard InChI is InChI=1S/C21H20N6O2/c1-12(22)21(13(2)28)15-9-16-17(10-18(15)29-3)27-19(25-26-20(27)11-24-16)8-14-4-6-23-7-5-14/h4-7,9-11,22,28H,8H2,1-3H3/b21-13+,22-12?. The fraction of sp³-hybridized carbons (Fsp3) is 0.190. The number of aliphatic hydroxyl groups is 1. The van der Waals surface area contributed by atoms with E-state index < -0.39 is 0 Å². The van der Waals surface area contributed by atoms with Crippen LogP contribution in [0.2, 0.25) is 0 Å². The van der Waals surface area contributed by atoms with E-state index in [1.807, 2.05) is 28.7 Å². The Morgan fingerprint density at radius 1 is 1.17 bits per heavy atom. The molecule has 8 nitrogen and oxygen atoms in total. The second kappa shape index (κ2) is 7.31. The summed E-state index contributed by atoms with van der Waals surface area (Å²) in [5, 5.41) is 26.7. The van der Waals surface area contributed by atoms with Crippen LogP contribution in [0.4, 0.5) is 0 Å². The molecule has 0 fully saturated rings. The van der Waals surface area contributed by atoms with Gasteiger partial charge in [0.1, 0.15) is 11.6 Å². The number of rotatable bonds is 5. The first-order valence-electron chi connectivity index (χ1n) is 9.05. The number of ether oxygens (including phenoxy) is 1. The maximum Gasteiger partial charge on any atom is 0.179 e. The SMILES string of the molecule is COc1cc2c(cc1/C(C(C)=N)=C(\C)O)ncc1nnc(Cc3ccncc3)n12. The lowest BCUT2D eigenvalue weighted by atomic mass is 9.99. The average Bonchev–Trinajstić information content (AvgIpc) is 3.11. The van der Waals surface area contributed by atoms with Gasteiger partial charge < -0.3 is 15.3 Å². The molecule has 0 unspecified atom stereocenters. The normalized spacial score (nSPS) is 12.2. The summed E-state index contributed by atoms with van der Waals surface area (Å²) < 4.78 is 7.53. The zero-order valence-corrected chi connectivity index (χ0v) is 16.3. The van der Waals surface area contributed by atoms with Crippen LogP contribution in [-0.2, 0) is 6.42 Å². The van der Waals surface area contributed by atoms with Crippen LogP contribution in [0.1, 0.15) is 30.8 Å². The van der Waals surface area contributed by atoms with Crippen molar-refractivity contribution in [3.05, 3.63) is 65.6 Å². The van der Waals surface area contributed by atoms with E-state index in [1.165, 1.54) is 0 Å². The number of allylic oxidation sites excluding steroid dienone is 2. The van der Waals surface area contributed by atoms with Crippen molar-refractivity contribution in [1.29, 1.82) is 5.41 Å². The summed E-state index contributed by atoms with van der Waals surface area (Å²) in [7, 11) is 1.56. The van der Waals surface area contributed by atoms with E-state index in [4.69, 9.17) is 10.1 Å². The van der Waals surface area contributed by atoms with Crippen molar-refractivity contribution in [2.45, 2.75) is 20.3 Å². The average molecular weight is 388 g/mol. The Hall–Kier alpha value is -3.81. The highest BCUT2D eigenvalue weighted by molar-refractivity contribution is 6.22. The Bertz CT molecular complexity index is 1260. The molecule has 0 saturated carbocycles. The maximum absolute atomic E-state index is 10.1. The fourth-order valence-corrected chi connectivity index (χ4v) is 3.47. The number of aromatic nitrogens is 5. The van der Waals surface area contributed by atoms with E-state index in [2.05, 4.69) is 20.2 Å². The summed E-state index contributed by atoms with van der Waals surface area (Å²) in [6.45, 7) is 3.18. The first kappa shape index (κ1) is 18.5. The third-order valence-electron chi connectivity index (χ3n) is 4.73. The largest absolute Gasteiger partial charge is 0.512 e. The molecule has 0 bridgehead atoms. The van der Waals surface area contributed by atoms with Gasteiger partial charge in [0.2, 0.25) is 0 Å². The van der Waals surface area contributed by atoms with E-state index >= 15 is 0 Å². The molecule has 4 rings (SSSR count). The molecule has 3 heterocycles. The molecule has 0 spiro atoms. The fourth-order valence-electron chi connectivity index (χ4n) is 3.47. The molecule has 0 aliphatic carbocycles. The summed E-state index contributed by atoms with van der Waals surface area (Å²) in [5.41, 5.74) is 4.46. The van der Waals surface area contributed by atoms with E-state index in [9.17, 15) is 5.11 Å². The third-order valence-corrected chi connectivity index (χ3v) is 4.73. The van der Waals surface area contributed by atoms with Crippen molar-refractivity contribution in [2.24, 2.45) is 0 Å². The summed E-state index contributed by atoms with van der Waals surface area (Å²) in [6.07, 6.45) is 5.75. The summed E-state index contributed by atoms with van der Waals surface area (Å²) in [6, 6.07) is 7.54. The molecule has 4 aromatic rings. The highest BCUT2D eigenvalue weighted by Crippen LogP contribution is 2.33. The van der Waals surface area contributed by atoms with E-state index in [1.54, 1.807) is 39.5 Å². The predicted molar refractivity (Wildman–Crippen MR) is 111 cm³/mol. The highest BCUT2D eigenvalue weighted by Gasteiger charge is 2.18. The molecule has 8 heteroatoms. The van der Waals surface area contributed by atoms with E-state index in [0.29, 0.717) is 34.5 Å². The summed E-state index contributed by atoms with van der Waals surface area (Å²) in [5.74, 6) is 1.36. The molecule has 29 heavy (non-hydrogen) atoms. The minimum absolute atomic E-state index is 0.0545. The maximum atomic E-state index is 10.1. The molecule has 0 saturated heterocycles. The Kier molecular flexibility index (Phi) is 4.67. The molecule has 3 aromatic heterocycles. The molecular formula is C21H20N6O2. The van der Waals surface area contributed by atoms with Gasteiger partial charge in [-0.1, -0.05) is 0 Å². The first-order chi connectivity index (χ1) is 14.0. The molecule has 0 atom stereocenters. The van der Waals surface area contributed by atoms with E-state index in [0.717, 1.165) is 16.9 Å². The van der Waals surface area contributed by atoms with Gasteiger partial charge >= 0.3 is 0 Å². The zero-order valence-electron chi connectivity index (χ0n) is 16.3. The van der Waals surface area contributed by atoms with Crippen LogP contribution in [0.5, 0.6) is 5.75 Å². The molecule has 0 amide bonds. The van der Waals surface area contributed by atoms with Gasteiger partial charge in [0.05, 0.1) is 30.1 Å². The van der Waals surface area contributed by atoms with E-state index in [-0.39, 0.29) is 11.5 Å². The van der Waals surface area contributed by atoms with Crippen molar-refractivity contribution in [3.8, 4) is 5.75 Å². The summed E-state index contributed by atoms with van der Waals surface area (Å²) in [4.78, 5) is 8.56. The Balaban J connectivity index is 1.96. The van der Waals surface area contributed by atoms with Crippen molar-refractivity contribution in [3.63, 3.8) is 0 Å². The van der Waals surface area contributed by atoms with Crippen molar-refractivity contribution < 1.29 is 9.84 Å². The van der Waals surface area contributed by atoms with Crippen molar-refractivity contribution >= 4 is 28.0 Å². The van der Waals surface area contributed by atoms with Crippen molar-refractivity contribution in [2.75, 3.05) is 7.11 Å². The van der Waals surface area contributed by atoms with Crippen LogP contribution < -0.4 is 4.74 Å². The number of methoxy groups -OCH3 is 1. The molecular weight excluding hydrogens is 368 g/mol. The molecule has 146 valence electrons. The van der Waals surface area contributed by atoms with Crippen LogP contribution in [-0.4, -0.2) is 42.5 Å². The second-order valence-electron chi connectivity index (χ2n) is 6.73. The van der Waals surface area contributed by atoms with Crippen LogP contribution in [0.25, 0.3) is 22.3 Å². The van der Waals surface area contributed by atoms with Crippen molar-refractivity contribution in [1.82, 2.24) is 24.6 Å². The first-order valence-corrected chi connectivity index (χ1v) is 9.05. The minimum atomic E-state index is 0.0545. The molecule has 2 N–H and O–H groups in total. The van der Waals surface area contributed by atoms with Crippen LogP contribution in [0.15, 0.2) is 48.6 Å². The zero-order chi connectivity index (χ0) is 20.5. The van der Waals surface area contributed by atoms with Gasteiger partial charge in [0, 0.05) is 41.7 Å². The van der Waals surface area contributed by atoms with Gasteiger partial charge in [0.25, 0.3) is 0 Å². The molecule has 0 aliphatic rings. The lowest BCUT2D eigenvalue weighted by molar-refractivity contribution is 0.409. The smallest absolute Gasteiger partial charge is 0.179 e. The number of benzene rings is 1. The Labute approximate surface area is 167 Å². The lowest BCUT2D eigenvalue weighted by Crippen LogP contribution is -2.04. The van der Waals surface area contributed by atoms with Gasteiger partial charge in [-0.05, 0) is 37.6 Å². The third kappa shape index (κ3) is 3.29. The lowest BCUT2D eigenvalue weighted by Gasteiger charge is -2.14.